The summed E-state index contributed by atoms with van der Waals surface area (Å²) in [5, 5.41) is 2.91. The van der Waals surface area contributed by atoms with Crippen molar-refractivity contribution in [2.24, 2.45) is 0 Å². The van der Waals surface area contributed by atoms with E-state index in [4.69, 9.17) is 4.74 Å². The maximum atomic E-state index is 13.3. The molecule has 2 aromatic rings. The summed E-state index contributed by atoms with van der Waals surface area (Å²) in [5.41, 5.74) is 3.31. The van der Waals surface area contributed by atoms with Gasteiger partial charge in [-0.15, -0.1) is 0 Å². The molecule has 0 aliphatic carbocycles. The maximum absolute atomic E-state index is 13.3. The third-order valence-corrected chi connectivity index (χ3v) is 7.19. The Bertz CT molecular complexity index is 1000. The molecule has 1 aliphatic rings. The molecule has 150 valence electrons. The molecule has 7 heteroatoms. The van der Waals surface area contributed by atoms with Crippen LogP contribution in [0.4, 0.5) is 5.69 Å². The van der Waals surface area contributed by atoms with Crippen molar-refractivity contribution in [3.05, 3.63) is 53.1 Å². The molecule has 0 spiro atoms. The van der Waals surface area contributed by atoms with Crippen molar-refractivity contribution in [1.29, 1.82) is 0 Å². The minimum atomic E-state index is -3.81. The number of aryl methyl sites for hydroxylation is 3. The number of carbonyl (C=O) groups is 1. The number of anilines is 1. The molecule has 1 atom stereocenters. The van der Waals surface area contributed by atoms with Crippen LogP contribution < -0.4 is 10.1 Å². The van der Waals surface area contributed by atoms with Gasteiger partial charge in [0.05, 0.1) is 12.0 Å². The zero-order valence-corrected chi connectivity index (χ0v) is 17.5. The first-order chi connectivity index (χ1) is 13.2. The van der Waals surface area contributed by atoms with E-state index in [2.05, 4.69) is 5.32 Å². The predicted molar refractivity (Wildman–Crippen MR) is 109 cm³/mol. The Morgan fingerprint density at radius 1 is 1.11 bits per heavy atom. The van der Waals surface area contributed by atoms with Crippen LogP contribution in [-0.2, 0) is 14.8 Å². The summed E-state index contributed by atoms with van der Waals surface area (Å²) in [6.45, 7) is 5.93. The van der Waals surface area contributed by atoms with E-state index in [-0.39, 0.29) is 10.8 Å². The molecule has 1 aliphatic heterocycles. The highest BCUT2D eigenvalue weighted by atomic mass is 32.2. The molecule has 1 saturated heterocycles. The lowest BCUT2D eigenvalue weighted by molar-refractivity contribution is -0.119. The molecule has 6 nitrogen and oxygen atoms in total. The first-order valence-electron chi connectivity index (χ1n) is 9.28. The highest BCUT2D eigenvalue weighted by Crippen LogP contribution is 2.31. The van der Waals surface area contributed by atoms with Crippen LogP contribution in [0.5, 0.6) is 5.75 Å². The van der Waals surface area contributed by atoms with Crippen molar-refractivity contribution < 1.29 is 17.9 Å². The Morgan fingerprint density at radius 3 is 2.54 bits per heavy atom. The van der Waals surface area contributed by atoms with Gasteiger partial charge in [-0.25, -0.2) is 8.42 Å². The Kier molecular flexibility index (Phi) is 5.76. The average molecular weight is 403 g/mol. The van der Waals surface area contributed by atoms with Gasteiger partial charge in [0.25, 0.3) is 0 Å². The zero-order chi connectivity index (χ0) is 20.5. The summed E-state index contributed by atoms with van der Waals surface area (Å²) in [6.07, 6.45) is 1.14. The fraction of sp³-hybridized carbons (Fsp3) is 0.381. The molecule has 0 radical (unpaired) electrons. The van der Waals surface area contributed by atoms with Crippen LogP contribution in [-0.4, -0.2) is 38.3 Å². The van der Waals surface area contributed by atoms with Gasteiger partial charge in [0.1, 0.15) is 11.8 Å². The Balaban J connectivity index is 1.89. The van der Waals surface area contributed by atoms with E-state index in [0.717, 1.165) is 11.1 Å². The minimum Gasteiger partial charge on any atom is -0.497 e. The molecule has 0 aromatic heterocycles. The highest BCUT2D eigenvalue weighted by molar-refractivity contribution is 7.89. The summed E-state index contributed by atoms with van der Waals surface area (Å²) >= 11 is 0. The molecule has 2 aromatic carbocycles. The summed E-state index contributed by atoms with van der Waals surface area (Å²) in [4.78, 5) is 13.1. The van der Waals surface area contributed by atoms with E-state index in [1.54, 1.807) is 19.1 Å². The largest absolute Gasteiger partial charge is 0.497 e. The van der Waals surface area contributed by atoms with E-state index in [0.29, 0.717) is 36.4 Å². The lowest BCUT2D eigenvalue weighted by Gasteiger charge is -2.24. The van der Waals surface area contributed by atoms with Gasteiger partial charge in [-0.1, -0.05) is 18.2 Å². The van der Waals surface area contributed by atoms with Gasteiger partial charge in [0.15, 0.2) is 0 Å². The van der Waals surface area contributed by atoms with E-state index < -0.39 is 16.1 Å². The second-order valence-corrected chi connectivity index (χ2v) is 9.07. The molecule has 0 saturated carbocycles. The van der Waals surface area contributed by atoms with Crippen molar-refractivity contribution >= 4 is 21.6 Å². The number of benzene rings is 2. The van der Waals surface area contributed by atoms with Crippen LogP contribution in [0.1, 0.15) is 29.5 Å². The lowest BCUT2D eigenvalue weighted by Crippen LogP contribution is -2.43. The van der Waals surface area contributed by atoms with Gasteiger partial charge >= 0.3 is 0 Å². The molecule has 1 heterocycles. The summed E-state index contributed by atoms with van der Waals surface area (Å²) < 4.78 is 33.1. The first-order valence-corrected chi connectivity index (χ1v) is 10.7. The number of hydrogen-bond acceptors (Lipinski definition) is 4. The molecular formula is C21H26N2O4S. The Morgan fingerprint density at radius 2 is 1.82 bits per heavy atom. The molecule has 0 bridgehead atoms. The molecule has 1 N–H and O–H groups in total. The van der Waals surface area contributed by atoms with Crippen molar-refractivity contribution in [3.63, 3.8) is 0 Å². The summed E-state index contributed by atoms with van der Waals surface area (Å²) in [7, 11) is -2.32. The number of hydrogen-bond donors (Lipinski definition) is 1. The van der Waals surface area contributed by atoms with Gasteiger partial charge < -0.3 is 10.1 Å². The van der Waals surface area contributed by atoms with Gasteiger partial charge in [0.2, 0.25) is 15.9 Å². The predicted octanol–water partition coefficient (Wildman–Crippen LogP) is 3.41. The van der Waals surface area contributed by atoms with Crippen LogP contribution in [0.15, 0.2) is 41.3 Å². The van der Waals surface area contributed by atoms with E-state index in [9.17, 15) is 13.2 Å². The normalized spacial score (nSPS) is 17.5. The number of nitrogens with one attached hydrogen (secondary N) is 1. The van der Waals surface area contributed by atoms with Crippen molar-refractivity contribution in [1.82, 2.24) is 4.31 Å². The zero-order valence-electron chi connectivity index (χ0n) is 16.7. The van der Waals surface area contributed by atoms with Gasteiger partial charge in [-0.2, -0.15) is 4.31 Å². The third-order valence-electron chi connectivity index (χ3n) is 5.14. The van der Waals surface area contributed by atoms with Crippen LogP contribution in [0.25, 0.3) is 0 Å². The maximum Gasteiger partial charge on any atom is 0.244 e. The van der Waals surface area contributed by atoms with E-state index in [1.807, 2.05) is 32.0 Å². The van der Waals surface area contributed by atoms with Gasteiger partial charge in [0, 0.05) is 18.3 Å². The number of carbonyl (C=O) groups excluding carboxylic acids is 1. The Hall–Kier alpha value is -2.38. The van der Waals surface area contributed by atoms with Crippen LogP contribution >= 0.6 is 0 Å². The Labute approximate surface area is 166 Å². The minimum absolute atomic E-state index is 0.179. The molecule has 28 heavy (non-hydrogen) atoms. The molecule has 1 amide bonds. The second kappa shape index (κ2) is 7.93. The third kappa shape index (κ3) is 3.91. The van der Waals surface area contributed by atoms with Crippen molar-refractivity contribution in [3.8, 4) is 5.75 Å². The topological polar surface area (TPSA) is 75.7 Å². The molecule has 3 rings (SSSR count). The molecule has 1 fully saturated rings. The van der Waals surface area contributed by atoms with E-state index >= 15 is 0 Å². The second-order valence-electron chi connectivity index (χ2n) is 7.21. The molecule has 0 unspecified atom stereocenters. The van der Waals surface area contributed by atoms with Gasteiger partial charge in [-0.3, -0.25) is 4.79 Å². The quantitative estimate of drug-likeness (QED) is 0.832. The van der Waals surface area contributed by atoms with E-state index in [1.165, 1.54) is 17.5 Å². The van der Waals surface area contributed by atoms with Gasteiger partial charge in [-0.05, 0) is 62.4 Å². The number of amides is 1. The monoisotopic (exact) mass is 402 g/mol. The SMILES string of the molecule is COc1ccc(C)c(S(=O)(=O)N2CCC[C@@H]2C(=O)Nc2cc(C)ccc2C)c1. The standard InChI is InChI=1S/C21H26N2O4S/c1-14-7-8-15(2)18(12-14)22-21(24)19-6-5-11-23(19)28(25,26)20-13-17(27-4)10-9-16(20)3/h7-10,12-13,19H,5-6,11H2,1-4H3,(H,22,24)/t19-/m1/s1. The van der Waals surface area contributed by atoms with Crippen molar-refractivity contribution in [2.75, 3.05) is 19.0 Å². The molecular weight excluding hydrogens is 376 g/mol. The smallest absolute Gasteiger partial charge is 0.244 e. The number of ether oxygens (including phenoxy) is 1. The van der Waals surface area contributed by atoms with Crippen LogP contribution in [0, 0.1) is 20.8 Å². The van der Waals surface area contributed by atoms with Crippen LogP contribution in [0.2, 0.25) is 0 Å². The number of rotatable bonds is 5. The fourth-order valence-corrected chi connectivity index (χ4v) is 5.39. The average Bonchev–Trinajstić information content (AvgIpc) is 3.16. The lowest BCUT2D eigenvalue weighted by atomic mass is 10.1. The number of methoxy groups -OCH3 is 1. The van der Waals surface area contributed by atoms with Crippen LogP contribution in [0.3, 0.4) is 0 Å². The first kappa shape index (κ1) is 20.4. The summed E-state index contributed by atoms with van der Waals surface area (Å²) in [5.74, 6) is 0.176. The summed E-state index contributed by atoms with van der Waals surface area (Å²) in [6, 6.07) is 10.0. The fourth-order valence-electron chi connectivity index (χ4n) is 3.49. The number of nitrogens with zero attached hydrogens (tertiary/aromatic N) is 1. The van der Waals surface area contributed by atoms with Crippen molar-refractivity contribution in [2.45, 2.75) is 44.6 Å². The number of sulfonamides is 1. The highest BCUT2D eigenvalue weighted by Gasteiger charge is 2.40.